The van der Waals surface area contributed by atoms with E-state index in [0.29, 0.717) is 6.42 Å². The van der Waals surface area contributed by atoms with Crippen molar-refractivity contribution in [3.8, 4) is 0 Å². The number of carbonyl (C=O) groups is 1. The molecule has 1 amide bonds. The summed E-state index contributed by atoms with van der Waals surface area (Å²) in [5, 5.41) is 6.14. The molecule has 1 aromatic rings. The van der Waals surface area contributed by atoms with Crippen LogP contribution in [0, 0.1) is 0 Å². The topological polar surface area (TPSA) is 47.6 Å². The summed E-state index contributed by atoms with van der Waals surface area (Å²) in [5.41, 5.74) is 2.07. The molecular weight excluding hydrogens is 383 g/mol. The van der Waals surface area contributed by atoms with Crippen LogP contribution in [0.4, 0.5) is 11.4 Å². The van der Waals surface area contributed by atoms with E-state index in [2.05, 4.69) is 33.4 Å². The number of anilines is 2. The first-order valence-corrected chi connectivity index (χ1v) is 8.25. The van der Waals surface area contributed by atoms with Crippen molar-refractivity contribution in [3.05, 3.63) is 24.3 Å². The molecule has 0 aromatic heterocycles. The Bertz CT molecular complexity index is 483. The summed E-state index contributed by atoms with van der Waals surface area (Å²) < 4.78 is 0. The zero-order valence-corrected chi connectivity index (χ0v) is 17.4. The Kier molecular flexibility index (Phi) is 15.3. The number of hydrogen-bond donors (Lipinski definition) is 2. The molecule has 8 heteroatoms. The summed E-state index contributed by atoms with van der Waals surface area (Å²) in [6.45, 7) is 8.38. The lowest BCUT2D eigenvalue weighted by Gasteiger charge is -2.36. The van der Waals surface area contributed by atoms with Crippen LogP contribution in [0.25, 0.3) is 0 Å². The summed E-state index contributed by atoms with van der Waals surface area (Å²) in [6, 6.07) is 8.12. The minimum Gasteiger partial charge on any atom is -0.367 e. The van der Waals surface area contributed by atoms with Crippen LogP contribution in [0.5, 0.6) is 0 Å². The normalized spacial score (nSPS) is 13.9. The van der Waals surface area contributed by atoms with Gasteiger partial charge in [-0.3, -0.25) is 4.79 Å². The lowest BCUT2D eigenvalue weighted by Crippen LogP contribution is -2.46. The number of nitrogens with one attached hydrogen (secondary N) is 2. The summed E-state index contributed by atoms with van der Waals surface area (Å²) in [4.78, 5) is 16.9. The van der Waals surface area contributed by atoms with Gasteiger partial charge in [-0.15, -0.1) is 37.2 Å². The number of rotatable bonds is 7. The number of para-hydroxylation sites is 2. The first kappa shape index (κ1) is 26.5. The highest BCUT2D eigenvalue weighted by molar-refractivity contribution is 5.94. The van der Waals surface area contributed by atoms with Gasteiger partial charge in [0.2, 0.25) is 5.91 Å². The Hall–Kier alpha value is -0.720. The maximum Gasteiger partial charge on any atom is 0.224 e. The van der Waals surface area contributed by atoms with E-state index in [4.69, 9.17) is 0 Å². The highest BCUT2D eigenvalue weighted by Gasteiger charge is 2.18. The number of carbonyl (C=O) groups excluding carboxylic acids is 1. The largest absolute Gasteiger partial charge is 0.367 e. The number of likely N-dealkylation sites (N-methyl/N-ethyl adjacent to an activating group) is 1. The van der Waals surface area contributed by atoms with Gasteiger partial charge in [-0.05, 0) is 38.7 Å². The Morgan fingerprint density at radius 1 is 1.08 bits per heavy atom. The molecule has 5 nitrogen and oxygen atoms in total. The molecule has 2 rings (SSSR count). The molecule has 0 bridgehead atoms. The van der Waals surface area contributed by atoms with Crippen LogP contribution in [0.1, 0.15) is 19.8 Å². The fraction of sp³-hybridized carbons (Fsp3) is 0.588. The van der Waals surface area contributed by atoms with Crippen LogP contribution in [0.2, 0.25) is 0 Å². The van der Waals surface area contributed by atoms with Crippen LogP contribution in [-0.2, 0) is 4.79 Å². The molecule has 0 unspecified atom stereocenters. The second kappa shape index (κ2) is 14.4. The molecule has 0 atom stereocenters. The average molecular weight is 414 g/mol. The van der Waals surface area contributed by atoms with Crippen molar-refractivity contribution in [1.29, 1.82) is 0 Å². The molecule has 25 heavy (non-hydrogen) atoms. The molecule has 0 aliphatic carbocycles. The highest BCUT2D eigenvalue weighted by Crippen LogP contribution is 2.26. The van der Waals surface area contributed by atoms with Crippen molar-refractivity contribution in [2.45, 2.75) is 19.8 Å². The molecule has 0 saturated carbocycles. The summed E-state index contributed by atoms with van der Waals surface area (Å²) in [7, 11) is 1.91. The van der Waals surface area contributed by atoms with Crippen molar-refractivity contribution in [2.75, 3.05) is 56.5 Å². The van der Waals surface area contributed by atoms with Gasteiger partial charge < -0.3 is 20.4 Å². The third-order valence-corrected chi connectivity index (χ3v) is 4.17. The summed E-state index contributed by atoms with van der Waals surface area (Å²) in [6.07, 6.45) is 1.42. The number of amides is 1. The lowest BCUT2D eigenvalue weighted by atomic mass is 10.2. The standard InChI is InChI=1S/C17H28N4O.3ClH/c1-3-20-11-13-21(14-12-20)16-8-5-4-7-15(16)19-17(22)9-6-10-18-2;;;/h4-5,7-8,18H,3,6,9-14H2,1-2H3,(H,19,22);3*1H. The monoisotopic (exact) mass is 412 g/mol. The maximum atomic E-state index is 12.1. The molecule has 1 aliphatic rings. The Morgan fingerprint density at radius 3 is 2.32 bits per heavy atom. The Morgan fingerprint density at radius 2 is 1.72 bits per heavy atom. The molecule has 0 spiro atoms. The number of piperazine rings is 1. The molecule has 1 fully saturated rings. The molecule has 1 aliphatic heterocycles. The molecule has 1 heterocycles. The van der Waals surface area contributed by atoms with Gasteiger partial charge in [0.1, 0.15) is 0 Å². The van der Waals surface area contributed by atoms with Gasteiger partial charge in [0.25, 0.3) is 0 Å². The van der Waals surface area contributed by atoms with Crippen LogP contribution in [0.3, 0.4) is 0 Å². The van der Waals surface area contributed by atoms with E-state index in [-0.39, 0.29) is 43.1 Å². The van der Waals surface area contributed by atoms with Gasteiger partial charge in [-0.25, -0.2) is 0 Å². The summed E-state index contributed by atoms with van der Waals surface area (Å²) in [5.74, 6) is 0.0925. The van der Waals surface area contributed by atoms with Crippen LogP contribution < -0.4 is 15.5 Å². The van der Waals surface area contributed by atoms with E-state index in [1.807, 2.05) is 25.2 Å². The second-order valence-corrected chi connectivity index (χ2v) is 5.69. The fourth-order valence-electron chi connectivity index (χ4n) is 2.80. The van der Waals surface area contributed by atoms with E-state index in [9.17, 15) is 4.79 Å². The highest BCUT2D eigenvalue weighted by atomic mass is 35.5. The van der Waals surface area contributed by atoms with E-state index in [1.54, 1.807) is 0 Å². The number of nitrogens with zero attached hydrogens (tertiary/aromatic N) is 2. The van der Waals surface area contributed by atoms with Crippen molar-refractivity contribution in [3.63, 3.8) is 0 Å². The first-order valence-electron chi connectivity index (χ1n) is 8.25. The zero-order chi connectivity index (χ0) is 15.8. The van der Waals surface area contributed by atoms with Gasteiger partial charge in [-0.1, -0.05) is 19.1 Å². The van der Waals surface area contributed by atoms with Crippen LogP contribution in [0.15, 0.2) is 24.3 Å². The fourth-order valence-corrected chi connectivity index (χ4v) is 2.80. The lowest BCUT2D eigenvalue weighted by molar-refractivity contribution is -0.116. The molecular formula is C17H31Cl3N4O. The maximum absolute atomic E-state index is 12.1. The van der Waals surface area contributed by atoms with Gasteiger partial charge in [-0.2, -0.15) is 0 Å². The average Bonchev–Trinajstić information content (AvgIpc) is 2.56. The molecule has 146 valence electrons. The minimum absolute atomic E-state index is 0. The van der Waals surface area contributed by atoms with Gasteiger partial charge in [0.15, 0.2) is 0 Å². The predicted octanol–water partition coefficient (Wildman–Crippen LogP) is 3.03. The SMILES string of the molecule is CCN1CCN(c2ccccc2NC(=O)CCCNC)CC1.Cl.Cl.Cl. The minimum atomic E-state index is 0. The van der Waals surface area contributed by atoms with E-state index < -0.39 is 0 Å². The van der Waals surface area contributed by atoms with E-state index in [0.717, 1.165) is 57.1 Å². The number of benzene rings is 1. The molecule has 1 aromatic carbocycles. The van der Waals surface area contributed by atoms with Crippen molar-refractivity contribution in [1.82, 2.24) is 10.2 Å². The van der Waals surface area contributed by atoms with Gasteiger partial charge >= 0.3 is 0 Å². The first-order chi connectivity index (χ1) is 10.7. The molecule has 0 radical (unpaired) electrons. The zero-order valence-electron chi connectivity index (χ0n) is 15.0. The van der Waals surface area contributed by atoms with Crippen molar-refractivity contribution < 1.29 is 4.79 Å². The quantitative estimate of drug-likeness (QED) is 0.675. The Labute approximate surface area is 170 Å². The van der Waals surface area contributed by atoms with E-state index in [1.165, 1.54) is 0 Å². The smallest absolute Gasteiger partial charge is 0.224 e. The predicted molar refractivity (Wildman–Crippen MR) is 114 cm³/mol. The second-order valence-electron chi connectivity index (χ2n) is 5.69. The number of halogens is 3. The van der Waals surface area contributed by atoms with Crippen LogP contribution in [-0.4, -0.2) is 57.1 Å². The summed E-state index contributed by atoms with van der Waals surface area (Å²) >= 11 is 0. The van der Waals surface area contributed by atoms with Crippen molar-refractivity contribution in [2.24, 2.45) is 0 Å². The van der Waals surface area contributed by atoms with Gasteiger partial charge in [0.05, 0.1) is 11.4 Å². The number of hydrogen-bond acceptors (Lipinski definition) is 4. The Balaban J connectivity index is 0. The van der Waals surface area contributed by atoms with Gasteiger partial charge in [0, 0.05) is 32.6 Å². The molecule has 2 N–H and O–H groups in total. The molecule has 1 saturated heterocycles. The third kappa shape index (κ3) is 8.47. The van der Waals surface area contributed by atoms with Crippen molar-refractivity contribution >= 4 is 54.5 Å². The van der Waals surface area contributed by atoms with E-state index >= 15 is 0 Å². The van der Waals surface area contributed by atoms with Crippen LogP contribution >= 0.6 is 37.2 Å². The third-order valence-electron chi connectivity index (χ3n) is 4.17.